The number of nitrogens with one attached hydrogen (secondary N) is 2. The van der Waals surface area contributed by atoms with Crippen molar-refractivity contribution in [1.29, 1.82) is 0 Å². The summed E-state index contributed by atoms with van der Waals surface area (Å²) in [5.41, 5.74) is 7.07. The van der Waals surface area contributed by atoms with Crippen molar-refractivity contribution < 1.29 is 0 Å². The molecule has 0 amide bonds. The van der Waals surface area contributed by atoms with Crippen LogP contribution in [0.4, 0.5) is 5.69 Å². The lowest BCUT2D eigenvalue weighted by Gasteiger charge is -2.28. The zero-order valence-corrected chi connectivity index (χ0v) is 23.2. The Labute approximate surface area is 235 Å². The van der Waals surface area contributed by atoms with E-state index in [1.165, 1.54) is 33.4 Å². The fourth-order valence-corrected chi connectivity index (χ4v) is 6.22. The van der Waals surface area contributed by atoms with Crippen LogP contribution in [-0.2, 0) is 0 Å². The van der Waals surface area contributed by atoms with Crippen LogP contribution in [-0.4, -0.2) is 32.7 Å². The Kier molecular flexibility index (Phi) is 7.03. The lowest BCUT2D eigenvalue weighted by atomic mass is 9.96. The van der Waals surface area contributed by atoms with Gasteiger partial charge in [0.25, 0.3) is 0 Å². The van der Waals surface area contributed by atoms with Crippen molar-refractivity contribution in [2.75, 3.05) is 18.4 Å². The summed E-state index contributed by atoms with van der Waals surface area (Å²) in [4.78, 5) is 7.09. The number of anilines is 1. The van der Waals surface area contributed by atoms with Crippen LogP contribution in [0, 0.1) is 13.8 Å². The number of hydrogen-bond donors (Lipinski definition) is 2. The van der Waals surface area contributed by atoms with Gasteiger partial charge < -0.3 is 20.1 Å². The van der Waals surface area contributed by atoms with Gasteiger partial charge in [0.05, 0.1) is 23.5 Å². The number of benzene rings is 3. The third-order valence-electron chi connectivity index (χ3n) is 7.67. The molecule has 1 aliphatic rings. The highest BCUT2D eigenvalue weighted by molar-refractivity contribution is 7.80. The van der Waals surface area contributed by atoms with Crippen LogP contribution in [0.2, 0.25) is 0 Å². The molecule has 6 rings (SSSR count). The number of pyridine rings is 1. The standard InChI is InChI=1S/C33H33N5S/c1-23-22-28(24(2)38(23)30-18-10-13-25-12-6-7-16-27(25)30)32-31(29-17-8-9-19-35-29)36-33(39)37(32)21-11-20-34-26-14-4-3-5-15-26/h3-10,12-19,22,31-32,34H,11,20-21H2,1-2H3,(H,36,39). The lowest BCUT2D eigenvalue weighted by Crippen LogP contribution is -2.31. The van der Waals surface area contributed by atoms with Crippen LogP contribution in [0.1, 0.15) is 41.1 Å². The molecule has 1 fully saturated rings. The van der Waals surface area contributed by atoms with Gasteiger partial charge in [0.2, 0.25) is 0 Å². The second-order valence-corrected chi connectivity index (χ2v) is 10.5. The van der Waals surface area contributed by atoms with Crippen molar-refractivity contribution in [3.8, 4) is 5.69 Å². The molecule has 0 saturated carbocycles. The number of fused-ring (bicyclic) bond motifs is 1. The van der Waals surface area contributed by atoms with Gasteiger partial charge in [-0.05, 0) is 79.8 Å². The number of thiocarbonyl (C=S) groups is 1. The second kappa shape index (κ2) is 10.9. The molecule has 2 N–H and O–H groups in total. The topological polar surface area (TPSA) is 45.1 Å². The van der Waals surface area contributed by atoms with E-state index in [1.807, 2.05) is 18.3 Å². The van der Waals surface area contributed by atoms with Gasteiger partial charge in [0.15, 0.2) is 5.11 Å². The summed E-state index contributed by atoms with van der Waals surface area (Å²) in [6, 6.07) is 33.9. The number of hydrogen-bond acceptors (Lipinski definition) is 3. The van der Waals surface area contributed by atoms with Crippen molar-refractivity contribution in [1.82, 2.24) is 19.8 Å². The van der Waals surface area contributed by atoms with Crippen molar-refractivity contribution in [3.63, 3.8) is 0 Å². The number of aromatic nitrogens is 2. The van der Waals surface area contributed by atoms with Crippen LogP contribution >= 0.6 is 12.2 Å². The van der Waals surface area contributed by atoms with E-state index in [0.29, 0.717) is 0 Å². The van der Waals surface area contributed by atoms with Crippen molar-refractivity contribution in [3.05, 3.63) is 126 Å². The monoisotopic (exact) mass is 531 g/mol. The minimum atomic E-state index is -0.0257. The van der Waals surface area contributed by atoms with Crippen molar-refractivity contribution >= 4 is 33.8 Å². The molecule has 1 saturated heterocycles. The molecule has 5 nitrogen and oxygen atoms in total. The molecular weight excluding hydrogens is 498 g/mol. The van der Waals surface area contributed by atoms with E-state index < -0.39 is 0 Å². The highest BCUT2D eigenvalue weighted by Gasteiger charge is 2.41. The summed E-state index contributed by atoms with van der Waals surface area (Å²) < 4.78 is 2.39. The minimum Gasteiger partial charge on any atom is -0.385 e. The van der Waals surface area contributed by atoms with Crippen LogP contribution in [0.15, 0.2) is 103 Å². The number of para-hydroxylation sites is 1. The molecule has 5 aromatic rings. The fourth-order valence-electron chi connectivity index (χ4n) is 5.88. The molecule has 0 bridgehead atoms. The third kappa shape index (κ3) is 4.88. The highest BCUT2D eigenvalue weighted by atomic mass is 32.1. The second-order valence-electron chi connectivity index (χ2n) is 10.1. The number of aryl methyl sites for hydroxylation is 1. The summed E-state index contributed by atoms with van der Waals surface area (Å²) in [6.07, 6.45) is 2.83. The number of rotatable bonds is 8. The average molecular weight is 532 g/mol. The van der Waals surface area contributed by atoms with E-state index in [9.17, 15) is 0 Å². The molecule has 1 aliphatic heterocycles. The molecule has 0 aliphatic carbocycles. The maximum absolute atomic E-state index is 5.94. The zero-order chi connectivity index (χ0) is 26.8. The summed E-state index contributed by atoms with van der Waals surface area (Å²) in [5.74, 6) is 0. The van der Waals surface area contributed by atoms with E-state index >= 15 is 0 Å². The van der Waals surface area contributed by atoms with Crippen molar-refractivity contribution in [2.24, 2.45) is 0 Å². The molecule has 2 unspecified atom stereocenters. The van der Waals surface area contributed by atoms with Gasteiger partial charge in [0, 0.05) is 41.7 Å². The smallest absolute Gasteiger partial charge is 0.170 e. The van der Waals surface area contributed by atoms with Crippen LogP contribution < -0.4 is 10.6 Å². The average Bonchev–Trinajstić information content (AvgIpc) is 3.46. The molecule has 3 heterocycles. The largest absolute Gasteiger partial charge is 0.385 e. The van der Waals surface area contributed by atoms with E-state index in [-0.39, 0.29) is 12.1 Å². The molecule has 2 atom stereocenters. The normalized spacial score (nSPS) is 17.0. The SMILES string of the molecule is Cc1cc(C2C(c3ccccn3)NC(=S)N2CCCNc2ccccc2)c(C)n1-c1cccc2ccccc12. The highest BCUT2D eigenvalue weighted by Crippen LogP contribution is 2.42. The quantitative estimate of drug-likeness (QED) is 0.165. The van der Waals surface area contributed by atoms with Crippen molar-refractivity contribution in [2.45, 2.75) is 32.4 Å². The van der Waals surface area contributed by atoms with Crippen LogP contribution in [0.5, 0.6) is 0 Å². The third-order valence-corrected chi connectivity index (χ3v) is 8.03. The first-order chi connectivity index (χ1) is 19.1. The van der Waals surface area contributed by atoms with Gasteiger partial charge in [-0.25, -0.2) is 0 Å². The molecule has 39 heavy (non-hydrogen) atoms. The first-order valence-electron chi connectivity index (χ1n) is 13.6. The fraction of sp³-hybridized carbons (Fsp3) is 0.212. The lowest BCUT2D eigenvalue weighted by molar-refractivity contribution is 0.315. The molecule has 196 valence electrons. The summed E-state index contributed by atoms with van der Waals surface area (Å²) >= 11 is 5.94. The molecule has 3 aromatic carbocycles. The Morgan fingerprint density at radius 2 is 1.67 bits per heavy atom. The first-order valence-corrected chi connectivity index (χ1v) is 14.0. The molecular formula is C33H33N5S. The van der Waals surface area contributed by atoms with E-state index in [4.69, 9.17) is 17.2 Å². The first kappa shape index (κ1) is 25.1. The Hall–Kier alpha value is -4.16. The van der Waals surface area contributed by atoms with Gasteiger partial charge in [-0.2, -0.15) is 0 Å². The minimum absolute atomic E-state index is 0.0257. The van der Waals surface area contributed by atoms with Crippen LogP contribution in [0.3, 0.4) is 0 Å². The summed E-state index contributed by atoms with van der Waals surface area (Å²) in [7, 11) is 0. The Morgan fingerprint density at radius 1 is 0.897 bits per heavy atom. The van der Waals surface area contributed by atoms with E-state index in [1.54, 1.807) is 0 Å². The zero-order valence-electron chi connectivity index (χ0n) is 22.3. The molecule has 2 aromatic heterocycles. The molecule has 0 spiro atoms. The van der Waals surface area contributed by atoms with E-state index in [2.05, 4.69) is 119 Å². The molecule has 6 heteroatoms. The Balaban J connectivity index is 1.36. The van der Waals surface area contributed by atoms with Gasteiger partial charge in [-0.15, -0.1) is 0 Å². The van der Waals surface area contributed by atoms with Gasteiger partial charge >= 0.3 is 0 Å². The van der Waals surface area contributed by atoms with E-state index in [0.717, 1.165) is 36.0 Å². The Morgan fingerprint density at radius 3 is 2.49 bits per heavy atom. The predicted molar refractivity (Wildman–Crippen MR) is 164 cm³/mol. The van der Waals surface area contributed by atoms with Crippen LogP contribution in [0.25, 0.3) is 16.5 Å². The predicted octanol–water partition coefficient (Wildman–Crippen LogP) is 7.12. The molecule has 0 radical (unpaired) electrons. The van der Waals surface area contributed by atoms with Gasteiger partial charge in [-0.3, -0.25) is 4.98 Å². The summed E-state index contributed by atoms with van der Waals surface area (Å²) in [6.45, 7) is 6.15. The maximum atomic E-state index is 5.94. The maximum Gasteiger partial charge on any atom is 0.170 e. The van der Waals surface area contributed by atoms with Gasteiger partial charge in [-0.1, -0.05) is 60.7 Å². The van der Waals surface area contributed by atoms with Gasteiger partial charge in [0.1, 0.15) is 0 Å². The summed E-state index contributed by atoms with van der Waals surface area (Å²) in [5, 5.41) is 10.4. The Bertz CT molecular complexity index is 1590. The number of nitrogens with zero attached hydrogens (tertiary/aromatic N) is 3.